The molecule has 0 spiro atoms. The minimum absolute atomic E-state index is 0.0508. The van der Waals surface area contributed by atoms with Crippen molar-refractivity contribution in [3.05, 3.63) is 100 Å². The fourth-order valence-corrected chi connectivity index (χ4v) is 5.90. The summed E-state index contributed by atoms with van der Waals surface area (Å²) in [5, 5.41) is 20.8. The Kier molecular flexibility index (Phi) is 8.97. The van der Waals surface area contributed by atoms with Gasteiger partial charge in [0.15, 0.2) is 11.0 Å². The second-order valence-electron chi connectivity index (χ2n) is 10.3. The lowest BCUT2D eigenvalue weighted by Gasteiger charge is -2.40. The Morgan fingerprint density at radius 1 is 1.00 bits per heavy atom. The summed E-state index contributed by atoms with van der Waals surface area (Å²) in [4.78, 5) is 40.1. The molecule has 10 nitrogen and oxygen atoms in total. The van der Waals surface area contributed by atoms with E-state index in [1.165, 1.54) is 23.8 Å². The quantitative estimate of drug-likeness (QED) is 0.112. The van der Waals surface area contributed by atoms with E-state index in [-0.39, 0.29) is 29.1 Å². The van der Waals surface area contributed by atoms with E-state index >= 15 is 0 Å². The first-order valence-corrected chi connectivity index (χ1v) is 14.8. The first-order chi connectivity index (χ1) is 20.3. The molecule has 1 unspecified atom stereocenters. The van der Waals surface area contributed by atoms with Crippen molar-refractivity contribution in [2.75, 3.05) is 25.4 Å². The fraction of sp³-hybridized carbons (Fsp3) is 0.290. The van der Waals surface area contributed by atoms with E-state index in [4.69, 9.17) is 0 Å². The maximum absolute atomic E-state index is 13.0. The number of nitro groups is 1. The van der Waals surface area contributed by atoms with Crippen molar-refractivity contribution < 1.29 is 14.5 Å². The number of thioether (sulfide) groups is 1. The summed E-state index contributed by atoms with van der Waals surface area (Å²) in [6.45, 7) is 5.18. The van der Waals surface area contributed by atoms with Crippen molar-refractivity contribution in [2.24, 2.45) is 0 Å². The minimum atomic E-state index is -0.510. The third-order valence-electron chi connectivity index (χ3n) is 7.27. The monoisotopic (exact) mass is 584 g/mol. The Hall–Kier alpha value is -4.51. The third kappa shape index (κ3) is 6.52. The molecule has 11 heteroatoms. The molecule has 1 fully saturated rings. The number of aryl methyl sites for hydroxylation is 1. The Labute approximate surface area is 248 Å². The Morgan fingerprint density at radius 3 is 2.48 bits per heavy atom. The predicted molar refractivity (Wildman–Crippen MR) is 162 cm³/mol. The van der Waals surface area contributed by atoms with Crippen LogP contribution >= 0.6 is 11.8 Å². The van der Waals surface area contributed by atoms with E-state index in [2.05, 4.69) is 46.0 Å². The van der Waals surface area contributed by atoms with Crippen LogP contribution in [0.3, 0.4) is 0 Å². The molecule has 1 aromatic heterocycles. The van der Waals surface area contributed by atoms with Gasteiger partial charge in [0.1, 0.15) is 0 Å². The summed E-state index contributed by atoms with van der Waals surface area (Å²) in [5.74, 6) is 1.26. The fourth-order valence-electron chi connectivity index (χ4n) is 5.01. The summed E-state index contributed by atoms with van der Waals surface area (Å²) >= 11 is 1.57. The molecule has 3 aromatic carbocycles. The summed E-state index contributed by atoms with van der Waals surface area (Å²) < 4.78 is 2.06. The zero-order chi connectivity index (χ0) is 29.6. The first kappa shape index (κ1) is 29.0. The van der Waals surface area contributed by atoms with Crippen molar-refractivity contribution in [3.63, 3.8) is 0 Å². The summed E-state index contributed by atoms with van der Waals surface area (Å²) in [6, 6.07) is 23.8. The van der Waals surface area contributed by atoms with Crippen molar-refractivity contribution >= 4 is 29.3 Å². The van der Waals surface area contributed by atoms with E-state index in [0.29, 0.717) is 38.2 Å². The molecule has 1 saturated heterocycles. The van der Waals surface area contributed by atoms with Crippen LogP contribution < -0.4 is 0 Å². The number of non-ortho nitro benzene ring substituents is 1. The van der Waals surface area contributed by atoms with Gasteiger partial charge in [0.05, 0.1) is 4.92 Å². The molecule has 0 N–H and O–H groups in total. The molecule has 0 saturated carbocycles. The third-order valence-corrected chi connectivity index (χ3v) is 8.28. The van der Waals surface area contributed by atoms with Gasteiger partial charge in [-0.2, -0.15) is 0 Å². The highest BCUT2D eigenvalue weighted by molar-refractivity contribution is 7.99. The van der Waals surface area contributed by atoms with Gasteiger partial charge in [0.2, 0.25) is 5.91 Å². The number of carbonyl (C=O) groups is 2. The van der Waals surface area contributed by atoms with Gasteiger partial charge in [-0.3, -0.25) is 24.3 Å². The number of nitrogens with zero attached hydrogens (tertiary/aromatic N) is 6. The second kappa shape index (κ2) is 13.0. The van der Waals surface area contributed by atoms with Crippen LogP contribution in [-0.4, -0.2) is 72.7 Å². The number of rotatable bonds is 9. The van der Waals surface area contributed by atoms with Crippen LogP contribution in [0.5, 0.6) is 0 Å². The predicted octanol–water partition coefficient (Wildman–Crippen LogP) is 5.40. The number of carbonyl (C=O) groups excluding carboxylic acids is 2. The largest absolute Gasteiger partial charge is 0.339 e. The van der Waals surface area contributed by atoms with E-state index in [0.717, 1.165) is 22.2 Å². The lowest BCUT2D eigenvalue weighted by atomic mass is 10.1. The average Bonchev–Trinajstić information content (AvgIpc) is 3.43. The molecule has 1 atom stereocenters. The van der Waals surface area contributed by atoms with Crippen molar-refractivity contribution in [3.8, 4) is 17.1 Å². The summed E-state index contributed by atoms with van der Waals surface area (Å²) in [7, 11) is 0. The van der Waals surface area contributed by atoms with Crippen LogP contribution in [0.15, 0.2) is 84.0 Å². The summed E-state index contributed by atoms with van der Waals surface area (Å²) in [6.07, 6.45) is 1.06. The van der Waals surface area contributed by atoms with E-state index in [9.17, 15) is 19.7 Å². The summed E-state index contributed by atoms with van der Waals surface area (Å²) in [5.41, 5.74) is 3.29. The van der Waals surface area contributed by atoms with E-state index in [1.54, 1.807) is 27.6 Å². The van der Waals surface area contributed by atoms with Crippen LogP contribution in [-0.2, 0) is 4.79 Å². The molecule has 4 aromatic rings. The SMILES string of the molecule is Cc1ccc(-n2c(SCCCC(=O)N3CCN(C(=O)c4cccc([N+](=O)[O-])c4)C(C)C3)nnc2-c2ccccc2)cc1. The average molecular weight is 585 g/mol. The number of amides is 2. The number of hydrogen-bond donors (Lipinski definition) is 0. The van der Waals surface area contributed by atoms with E-state index in [1.807, 2.05) is 37.3 Å². The molecular formula is C31H32N6O4S. The number of piperazine rings is 1. The van der Waals surface area contributed by atoms with Gasteiger partial charge < -0.3 is 9.80 Å². The van der Waals surface area contributed by atoms with Gasteiger partial charge in [-0.25, -0.2) is 0 Å². The smallest absolute Gasteiger partial charge is 0.270 e. The van der Waals surface area contributed by atoms with Crippen LogP contribution in [0.2, 0.25) is 0 Å². The molecule has 2 amide bonds. The molecule has 1 aliphatic rings. The van der Waals surface area contributed by atoms with Gasteiger partial charge in [-0.05, 0) is 38.5 Å². The number of nitro benzene ring substituents is 1. The van der Waals surface area contributed by atoms with Gasteiger partial charge in [-0.15, -0.1) is 10.2 Å². The maximum atomic E-state index is 13.0. The number of hydrogen-bond acceptors (Lipinski definition) is 7. The van der Waals surface area contributed by atoms with E-state index < -0.39 is 4.92 Å². The Bertz CT molecular complexity index is 1570. The molecule has 0 bridgehead atoms. The van der Waals surface area contributed by atoms with Crippen molar-refractivity contribution in [2.45, 2.75) is 37.9 Å². The van der Waals surface area contributed by atoms with Gasteiger partial charge in [-0.1, -0.05) is 65.9 Å². The maximum Gasteiger partial charge on any atom is 0.270 e. The molecular weight excluding hydrogens is 552 g/mol. The van der Waals surface area contributed by atoms with Crippen molar-refractivity contribution in [1.29, 1.82) is 0 Å². The topological polar surface area (TPSA) is 114 Å². The first-order valence-electron chi connectivity index (χ1n) is 13.9. The zero-order valence-electron chi connectivity index (χ0n) is 23.6. The number of benzene rings is 3. The molecule has 2 heterocycles. The highest BCUT2D eigenvalue weighted by atomic mass is 32.2. The number of aromatic nitrogens is 3. The molecule has 0 aliphatic carbocycles. The van der Waals surface area contributed by atoms with Crippen LogP contribution in [0.25, 0.3) is 17.1 Å². The standard InChI is InChI=1S/C31H32N6O4S/c1-22-13-15-26(16-14-22)36-29(24-8-4-3-5-9-24)32-33-31(36)42-19-7-12-28(38)34-17-18-35(23(2)21-34)30(39)25-10-6-11-27(20-25)37(40)41/h3-6,8-11,13-16,20,23H,7,12,17-19,21H2,1-2H3. The van der Waals surface area contributed by atoms with Crippen LogP contribution in [0.1, 0.15) is 35.7 Å². The highest BCUT2D eigenvalue weighted by Gasteiger charge is 2.30. The lowest BCUT2D eigenvalue weighted by Crippen LogP contribution is -2.55. The highest BCUT2D eigenvalue weighted by Crippen LogP contribution is 2.29. The van der Waals surface area contributed by atoms with Crippen molar-refractivity contribution in [1.82, 2.24) is 24.6 Å². The lowest BCUT2D eigenvalue weighted by molar-refractivity contribution is -0.384. The zero-order valence-corrected chi connectivity index (χ0v) is 24.4. The minimum Gasteiger partial charge on any atom is -0.339 e. The molecule has 1 aliphatic heterocycles. The van der Waals surface area contributed by atoms with Gasteiger partial charge in [0, 0.05) is 66.8 Å². The van der Waals surface area contributed by atoms with Gasteiger partial charge in [0.25, 0.3) is 11.6 Å². The Balaban J connectivity index is 1.17. The van der Waals surface area contributed by atoms with Crippen LogP contribution in [0.4, 0.5) is 5.69 Å². The van der Waals surface area contributed by atoms with Gasteiger partial charge >= 0.3 is 0 Å². The molecule has 5 rings (SSSR count). The molecule has 42 heavy (non-hydrogen) atoms. The van der Waals surface area contributed by atoms with Crippen LogP contribution in [0, 0.1) is 17.0 Å². The Morgan fingerprint density at radius 2 is 1.76 bits per heavy atom. The normalized spacial score (nSPS) is 15.0. The molecule has 0 radical (unpaired) electrons. The second-order valence-corrected chi connectivity index (χ2v) is 11.4. The molecule has 216 valence electrons.